The summed E-state index contributed by atoms with van der Waals surface area (Å²) in [4.78, 5) is 13.3. The number of aryl methyl sites for hydroxylation is 1. The standard InChI is InChI=1S/C16H17ClF3NO2/c1-11-2-3-12(10-13(11)17)4-5-14(22)21-8-6-15(23,7-9-21)16(18,19)20/h2-5,10,23H,6-9H2,1H3/b5-4+. The molecule has 1 aliphatic heterocycles. The summed E-state index contributed by atoms with van der Waals surface area (Å²) in [5, 5.41) is 10.2. The Hall–Kier alpha value is -1.53. The third-order valence-electron chi connectivity index (χ3n) is 4.04. The Morgan fingerprint density at radius 1 is 1.35 bits per heavy atom. The number of alkyl halides is 3. The zero-order valence-electron chi connectivity index (χ0n) is 12.5. The second-order valence-electron chi connectivity index (χ2n) is 5.70. The molecule has 0 atom stereocenters. The number of halogens is 4. The van der Waals surface area contributed by atoms with Crippen LogP contribution in [0.5, 0.6) is 0 Å². The molecule has 0 unspecified atom stereocenters. The fraction of sp³-hybridized carbons (Fsp3) is 0.438. The van der Waals surface area contributed by atoms with Crippen LogP contribution in [0.15, 0.2) is 24.3 Å². The number of piperidine rings is 1. The fourth-order valence-corrected chi connectivity index (χ4v) is 2.56. The highest BCUT2D eigenvalue weighted by molar-refractivity contribution is 6.31. The number of nitrogens with zero attached hydrogens (tertiary/aromatic N) is 1. The number of carbonyl (C=O) groups is 1. The number of carbonyl (C=O) groups excluding carboxylic acids is 1. The van der Waals surface area contributed by atoms with Gasteiger partial charge in [0.25, 0.3) is 0 Å². The lowest BCUT2D eigenvalue weighted by Crippen LogP contribution is -2.54. The second kappa shape index (κ2) is 6.53. The Balaban J connectivity index is 1.97. The molecule has 1 saturated heterocycles. The summed E-state index contributed by atoms with van der Waals surface area (Å²) < 4.78 is 38.1. The van der Waals surface area contributed by atoms with Gasteiger partial charge in [0.05, 0.1) is 0 Å². The first kappa shape index (κ1) is 17.8. The molecule has 0 spiro atoms. The molecule has 3 nitrogen and oxygen atoms in total. The molecule has 23 heavy (non-hydrogen) atoms. The average molecular weight is 348 g/mol. The molecule has 0 saturated carbocycles. The predicted molar refractivity (Wildman–Crippen MR) is 82.0 cm³/mol. The van der Waals surface area contributed by atoms with Crippen LogP contribution >= 0.6 is 11.6 Å². The third kappa shape index (κ3) is 4.06. The van der Waals surface area contributed by atoms with E-state index < -0.39 is 24.6 Å². The van der Waals surface area contributed by atoms with Gasteiger partial charge in [-0.15, -0.1) is 0 Å². The van der Waals surface area contributed by atoms with Crippen molar-refractivity contribution >= 4 is 23.6 Å². The maximum absolute atomic E-state index is 12.7. The van der Waals surface area contributed by atoms with E-state index in [4.69, 9.17) is 11.6 Å². The van der Waals surface area contributed by atoms with E-state index in [2.05, 4.69) is 0 Å². The van der Waals surface area contributed by atoms with Crippen LogP contribution in [0.25, 0.3) is 6.08 Å². The first-order chi connectivity index (χ1) is 10.6. The van der Waals surface area contributed by atoms with Gasteiger partial charge in [0.2, 0.25) is 5.91 Å². The van der Waals surface area contributed by atoms with Gasteiger partial charge in [-0.2, -0.15) is 13.2 Å². The smallest absolute Gasteiger partial charge is 0.380 e. The van der Waals surface area contributed by atoms with Crippen molar-refractivity contribution in [3.8, 4) is 0 Å². The van der Waals surface area contributed by atoms with Crippen LogP contribution < -0.4 is 0 Å². The minimum atomic E-state index is -4.67. The molecule has 7 heteroatoms. The number of amides is 1. The summed E-state index contributed by atoms with van der Waals surface area (Å²) in [6.07, 6.45) is -2.81. The molecule has 0 aromatic heterocycles. The van der Waals surface area contributed by atoms with Crippen molar-refractivity contribution in [3.05, 3.63) is 40.4 Å². The van der Waals surface area contributed by atoms with Gasteiger partial charge in [-0.25, -0.2) is 0 Å². The van der Waals surface area contributed by atoms with Gasteiger partial charge in [-0.3, -0.25) is 4.79 Å². The number of hydrogen-bond donors (Lipinski definition) is 1. The molecule has 1 heterocycles. The second-order valence-corrected chi connectivity index (χ2v) is 6.10. The highest BCUT2D eigenvalue weighted by atomic mass is 35.5. The summed E-state index contributed by atoms with van der Waals surface area (Å²) in [6.45, 7) is 1.60. The molecule has 1 aliphatic rings. The number of benzene rings is 1. The minimum absolute atomic E-state index is 0.131. The lowest BCUT2D eigenvalue weighted by molar-refractivity contribution is -0.271. The van der Waals surface area contributed by atoms with Crippen LogP contribution in [0.1, 0.15) is 24.0 Å². The minimum Gasteiger partial charge on any atom is -0.380 e. The third-order valence-corrected chi connectivity index (χ3v) is 4.45. The maximum Gasteiger partial charge on any atom is 0.417 e. The van der Waals surface area contributed by atoms with Crippen LogP contribution in [0.3, 0.4) is 0 Å². The summed E-state index contributed by atoms with van der Waals surface area (Å²) in [5.74, 6) is -0.383. The van der Waals surface area contributed by atoms with Crippen LogP contribution in [-0.4, -0.2) is 40.8 Å². The summed E-state index contributed by atoms with van der Waals surface area (Å²) in [6, 6.07) is 5.32. The Kier molecular flexibility index (Phi) is 5.06. The molecular weight excluding hydrogens is 331 g/mol. The Bertz CT molecular complexity index is 620. The quantitative estimate of drug-likeness (QED) is 0.831. The van der Waals surface area contributed by atoms with E-state index in [1.165, 1.54) is 11.0 Å². The van der Waals surface area contributed by atoms with E-state index in [1.807, 2.05) is 13.0 Å². The SMILES string of the molecule is Cc1ccc(/C=C/C(=O)N2CCC(O)(C(F)(F)F)CC2)cc1Cl. The van der Waals surface area contributed by atoms with Crippen LogP contribution in [0, 0.1) is 6.92 Å². The lowest BCUT2D eigenvalue weighted by atomic mass is 9.91. The monoisotopic (exact) mass is 347 g/mol. The van der Waals surface area contributed by atoms with Gasteiger partial charge < -0.3 is 10.0 Å². The average Bonchev–Trinajstić information content (AvgIpc) is 2.48. The van der Waals surface area contributed by atoms with Crippen molar-refractivity contribution < 1.29 is 23.1 Å². The van der Waals surface area contributed by atoms with Gasteiger partial charge in [0.1, 0.15) is 0 Å². The number of rotatable bonds is 2. The molecule has 0 aliphatic carbocycles. The van der Waals surface area contributed by atoms with Crippen molar-refractivity contribution in [2.75, 3.05) is 13.1 Å². The van der Waals surface area contributed by atoms with Gasteiger partial charge in [0.15, 0.2) is 5.60 Å². The summed E-state index contributed by atoms with van der Waals surface area (Å²) in [7, 11) is 0. The number of likely N-dealkylation sites (tertiary alicyclic amines) is 1. The molecule has 0 radical (unpaired) electrons. The van der Waals surface area contributed by atoms with E-state index in [-0.39, 0.29) is 19.0 Å². The lowest BCUT2D eigenvalue weighted by Gasteiger charge is -2.38. The van der Waals surface area contributed by atoms with Crippen molar-refractivity contribution in [1.29, 1.82) is 0 Å². The molecule has 1 aromatic carbocycles. The van der Waals surface area contributed by atoms with Crippen molar-refractivity contribution in [2.24, 2.45) is 0 Å². The maximum atomic E-state index is 12.7. The Morgan fingerprint density at radius 2 is 1.96 bits per heavy atom. The topological polar surface area (TPSA) is 40.5 Å². The van der Waals surface area contributed by atoms with Gasteiger partial charge in [0, 0.05) is 37.0 Å². The molecule has 2 rings (SSSR count). The number of aliphatic hydroxyl groups is 1. The van der Waals surface area contributed by atoms with E-state index >= 15 is 0 Å². The fourth-order valence-electron chi connectivity index (χ4n) is 2.37. The van der Waals surface area contributed by atoms with E-state index in [0.717, 1.165) is 11.1 Å². The Labute approximate surface area is 137 Å². The summed E-state index contributed by atoms with van der Waals surface area (Å²) in [5.41, 5.74) is -1.05. The molecule has 1 amide bonds. The van der Waals surface area contributed by atoms with Crippen LogP contribution in [-0.2, 0) is 4.79 Å². The van der Waals surface area contributed by atoms with Gasteiger partial charge in [-0.05, 0) is 30.2 Å². The highest BCUT2D eigenvalue weighted by Gasteiger charge is 2.54. The van der Waals surface area contributed by atoms with Crippen molar-refractivity contribution in [1.82, 2.24) is 4.90 Å². The molecule has 1 aromatic rings. The molecule has 1 N–H and O–H groups in total. The first-order valence-corrected chi connectivity index (χ1v) is 7.52. The Morgan fingerprint density at radius 3 is 2.48 bits per heavy atom. The molecule has 1 fully saturated rings. The van der Waals surface area contributed by atoms with Gasteiger partial charge >= 0.3 is 6.18 Å². The van der Waals surface area contributed by atoms with E-state index in [0.29, 0.717) is 5.02 Å². The normalized spacial score (nSPS) is 18.4. The van der Waals surface area contributed by atoms with Crippen molar-refractivity contribution in [2.45, 2.75) is 31.5 Å². The summed E-state index contributed by atoms with van der Waals surface area (Å²) >= 11 is 5.99. The zero-order chi connectivity index (χ0) is 17.3. The molecular formula is C16H17ClF3NO2. The van der Waals surface area contributed by atoms with Crippen LogP contribution in [0.2, 0.25) is 5.02 Å². The molecule has 126 valence electrons. The molecule has 0 bridgehead atoms. The van der Waals surface area contributed by atoms with Crippen LogP contribution in [0.4, 0.5) is 13.2 Å². The largest absolute Gasteiger partial charge is 0.417 e. The van der Waals surface area contributed by atoms with E-state index in [1.54, 1.807) is 18.2 Å². The first-order valence-electron chi connectivity index (χ1n) is 7.15. The van der Waals surface area contributed by atoms with E-state index in [9.17, 15) is 23.1 Å². The predicted octanol–water partition coefficient (Wildman–Crippen LogP) is 3.58. The highest BCUT2D eigenvalue weighted by Crippen LogP contribution is 2.38. The van der Waals surface area contributed by atoms with Gasteiger partial charge in [-0.1, -0.05) is 23.7 Å². The zero-order valence-corrected chi connectivity index (χ0v) is 13.3. The van der Waals surface area contributed by atoms with Crippen molar-refractivity contribution in [3.63, 3.8) is 0 Å². The number of hydrogen-bond acceptors (Lipinski definition) is 2.